The van der Waals surface area contributed by atoms with Crippen molar-refractivity contribution >= 4 is 17.2 Å². The highest BCUT2D eigenvalue weighted by molar-refractivity contribution is 7.13. The Balaban J connectivity index is 2.23. The first kappa shape index (κ1) is 10.9. The first-order valence-corrected chi connectivity index (χ1v) is 5.95. The molecule has 0 aromatic carbocycles. The molecule has 2 heterocycles. The van der Waals surface area contributed by atoms with Crippen molar-refractivity contribution in [3.63, 3.8) is 0 Å². The van der Waals surface area contributed by atoms with Crippen LogP contribution in [-0.2, 0) is 0 Å². The Morgan fingerprint density at radius 3 is 3.06 bits per heavy atom. The van der Waals surface area contributed by atoms with Gasteiger partial charge in [-0.2, -0.15) is 5.10 Å². The highest BCUT2D eigenvalue weighted by Gasteiger charge is 2.14. The standard InChI is InChI=1S/C11H13N3OS/c1-3-14(2)11(15)9-7-8(12-13-9)10-5-4-6-16-10/h4-7H,3H2,1-2H3,(H,12,13). The fourth-order valence-corrected chi connectivity index (χ4v) is 2.02. The van der Waals surface area contributed by atoms with Gasteiger partial charge >= 0.3 is 0 Å². The molecule has 0 saturated carbocycles. The lowest BCUT2D eigenvalue weighted by Crippen LogP contribution is -2.26. The molecule has 2 aromatic heterocycles. The molecular formula is C11H13N3OS. The number of carbonyl (C=O) groups is 1. The van der Waals surface area contributed by atoms with Crippen LogP contribution in [0.15, 0.2) is 23.6 Å². The SMILES string of the molecule is CCN(C)C(=O)c1cc(-c2cccs2)[nH]n1. The molecule has 0 fully saturated rings. The molecule has 2 aromatic rings. The summed E-state index contributed by atoms with van der Waals surface area (Å²) in [6.45, 7) is 2.62. The number of nitrogens with zero attached hydrogens (tertiary/aromatic N) is 2. The van der Waals surface area contributed by atoms with Gasteiger partial charge in [-0.25, -0.2) is 0 Å². The molecule has 0 spiro atoms. The summed E-state index contributed by atoms with van der Waals surface area (Å²) < 4.78 is 0. The first-order chi connectivity index (χ1) is 7.72. The third kappa shape index (κ3) is 1.99. The molecule has 0 unspecified atom stereocenters. The van der Waals surface area contributed by atoms with Crippen molar-refractivity contribution in [1.29, 1.82) is 0 Å². The van der Waals surface area contributed by atoms with Gasteiger partial charge < -0.3 is 4.90 Å². The number of rotatable bonds is 3. The van der Waals surface area contributed by atoms with E-state index in [9.17, 15) is 4.79 Å². The second-order valence-corrected chi connectivity index (χ2v) is 4.41. The van der Waals surface area contributed by atoms with E-state index in [0.29, 0.717) is 12.2 Å². The summed E-state index contributed by atoms with van der Waals surface area (Å²) in [5.41, 5.74) is 1.36. The second kappa shape index (κ2) is 4.49. The summed E-state index contributed by atoms with van der Waals surface area (Å²) in [7, 11) is 1.77. The van der Waals surface area contributed by atoms with E-state index in [1.165, 1.54) is 0 Å². The van der Waals surface area contributed by atoms with E-state index in [4.69, 9.17) is 0 Å². The number of hydrogen-bond donors (Lipinski definition) is 1. The summed E-state index contributed by atoms with van der Waals surface area (Å²) in [6, 6.07) is 5.76. The maximum Gasteiger partial charge on any atom is 0.274 e. The minimum Gasteiger partial charge on any atom is -0.341 e. The number of H-pyrrole nitrogens is 1. The van der Waals surface area contributed by atoms with Gasteiger partial charge in [0.1, 0.15) is 0 Å². The Labute approximate surface area is 97.9 Å². The molecule has 1 amide bonds. The molecular weight excluding hydrogens is 222 g/mol. The van der Waals surface area contributed by atoms with Crippen molar-refractivity contribution in [3.05, 3.63) is 29.3 Å². The largest absolute Gasteiger partial charge is 0.341 e. The Hall–Kier alpha value is -1.62. The van der Waals surface area contributed by atoms with Crippen LogP contribution in [0.4, 0.5) is 0 Å². The van der Waals surface area contributed by atoms with Crippen molar-refractivity contribution in [2.75, 3.05) is 13.6 Å². The van der Waals surface area contributed by atoms with Crippen LogP contribution < -0.4 is 0 Å². The Kier molecular flexibility index (Phi) is 3.05. The number of hydrogen-bond acceptors (Lipinski definition) is 3. The molecule has 5 heteroatoms. The van der Waals surface area contributed by atoms with Crippen molar-refractivity contribution in [1.82, 2.24) is 15.1 Å². The monoisotopic (exact) mass is 235 g/mol. The Morgan fingerprint density at radius 1 is 1.62 bits per heavy atom. The lowest BCUT2D eigenvalue weighted by Gasteiger charge is -2.11. The van der Waals surface area contributed by atoms with E-state index in [1.54, 1.807) is 29.4 Å². The molecule has 4 nitrogen and oxygen atoms in total. The van der Waals surface area contributed by atoms with Crippen LogP contribution >= 0.6 is 11.3 Å². The maximum absolute atomic E-state index is 11.8. The van der Waals surface area contributed by atoms with Gasteiger partial charge in [0.2, 0.25) is 0 Å². The van der Waals surface area contributed by atoms with Gasteiger partial charge in [0.15, 0.2) is 5.69 Å². The van der Waals surface area contributed by atoms with Crippen LogP contribution in [0.3, 0.4) is 0 Å². The molecule has 0 aliphatic rings. The highest BCUT2D eigenvalue weighted by Crippen LogP contribution is 2.23. The Morgan fingerprint density at radius 2 is 2.44 bits per heavy atom. The van der Waals surface area contributed by atoms with E-state index in [2.05, 4.69) is 10.2 Å². The van der Waals surface area contributed by atoms with Gasteiger partial charge in [0.25, 0.3) is 5.91 Å². The number of amides is 1. The molecule has 1 N–H and O–H groups in total. The highest BCUT2D eigenvalue weighted by atomic mass is 32.1. The van der Waals surface area contributed by atoms with Crippen LogP contribution in [0.1, 0.15) is 17.4 Å². The summed E-state index contributed by atoms with van der Waals surface area (Å²) in [5, 5.41) is 8.91. The van der Waals surface area contributed by atoms with Gasteiger partial charge in [0, 0.05) is 13.6 Å². The summed E-state index contributed by atoms with van der Waals surface area (Å²) in [4.78, 5) is 14.5. The average Bonchev–Trinajstić information content (AvgIpc) is 2.96. The van der Waals surface area contributed by atoms with Crippen LogP contribution in [0.25, 0.3) is 10.6 Å². The summed E-state index contributed by atoms with van der Waals surface area (Å²) in [6.07, 6.45) is 0. The maximum atomic E-state index is 11.8. The number of aromatic nitrogens is 2. The fourth-order valence-electron chi connectivity index (χ4n) is 1.33. The number of aromatic amines is 1. The van der Waals surface area contributed by atoms with Crippen LogP contribution in [0.2, 0.25) is 0 Å². The molecule has 2 rings (SSSR count). The third-order valence-corrected chi connectivity index (χ3v) is 3.31. The third-order valence-electron chi connectivity index (χ3n) is 2.40. The molecule has 0 saturated heterocycles. The normalized spacial score (nSPS) is 10.4. The van der Waals surface area contributed by atoms with Crippen molar-refractivity contribution in [3.8, 4) is 10.6 Å². The van der Waals surface area contributed by atoms with Gasteiger partial charge in [0.05, 0.1) is 10.6 Å². The summed E-state index contributed by atoms with van der Waals surface area (Å²) >= 11 is 1.62. The average molecular weight is 235 g/mol. The lowest BCUT2D eigenvalue weighted by molar-refractivity contribution is 0.0796. The Bertz CT molecular complexity index is 475. The molecule has 0 radical (unpaired) electrons. The van der Waals surface area contributed by atoms with Crippen LogP contribution in [0.5, 0.6) is 0 Å². The van der Waals surface area contributed by atoms with Crippen molar-refractivity contribution in [2.45, 2.75) is 6.92 Å². The quantitative estimate of drug-likeness (QED) is 0.886. The predicted octanol–water partition coefficient (Wildman–Crippen LogP) is 2.23. The van der Waals surface area contributed by atoms with E-state index in [1.807, 2.05) is 24.4 Å². The van der Waals surface area contributed by atoms with Gasteiger partial charge in [-0.3, -0.25) is 9.89 Å². The minimum atomic E-state index is -0.0541. The topological polar surface area (TPSA) is 49.0 Å². The number of carbonyl (C=O) groups excluding carboxylic acids is 1. The predicted molar refractivity (Wildman–Crippen MR) is 64.5 cm³/mol. The molecule has 84 valence electrons. The van der Waals surface area contributed by atoms with Crippen molar-refractivity contribution in [2.24, 2.45) is 0 Å². The zero-order valence-electron chi connectivity index (χ0n) is 9.23. The van der Waals surface area contributed by atoms with Gasteiger partial charge in [-0.15, -0.1) is 11.3 Å². The molecule has 16 heavy (non-hydrogen) atoms. The molecule has 0 aliphatic carbocycles. The second-order valence-electron chi connectivity index (χ2n) is 3.46. The molecule has 0 bridgehead atoms. The van der Waals surface area contributed by atoms with Crippen molar-refractivity contribution < 1.29 is 4.79 Å². The molecule has 0 aliphatic heterocycles. The number of nitrogens with one attached hydrogen (secondary N) is 1. The zero-order chi connectivity index (χ0) is 11.5. The van der Waals surface area contributed by atoms with E-state index in [-0.39, 0.29) is 5.91 Å². The van der Waals surface area contributed by atoms with Crippen LogP contribution in [0, 0.1) is 0 Å². The smallest absolute Gasteiger partial charge is 0.274 e. The van der Waals surface area contributed by atoms with E-state index >= 15 is 0 Å². The van der Waals surface area contributed by atoms with E-state index < -0.39 is 0 Å². The fraction of sp³-hybridized carbons (Fsp3) is 0.273. The zero-order valence-corrected chi connectivity index (χ0v) is 10.0. The lowest BCUT2D eigenvalue weighted by atomic mass is 10.3. The van der Waals surface area contributed by atoms with Gasteiger partial charge in [-0.05, 0) is 24.4 Å². The van der Waals surface area contributed by atoms with E-state index in [0.717, 1.165) is 10.6 Å². The summed E-state index contributed by atoms with van der Waals surface area (Å²) in [5.74, 6) is -0.0541. The number of thiophene rings is 1. The minimum absolute atomic E-state index is 0.0541. The molecule has 0 atom stereocenters. The van der Waals surface area contributed by atoms with Crippen LogP contribution in [-0.4, -0.2) is 34.6 Å². The van der Waals surface area contributed by atoms with Gasteiger partial charge in [-0.1, -0.05) is 6.07 Å². The first-order valence-electron chi connectivity index (χ1n) is 5.07.